The number of pyridine rings is 2. The van der Waals surface area contributed by atoms with Gasteiger partial charge in [0.2, 0.25) is 5.88 Å². The fourth-order valence-corrected chi connectivity index (χ4v) is 3.55. The van der Waals surface area contributed by atoms with Gasteiger partial charge in [0.05, 0.1) is 17.3 Å². The number of fused-ring (bicyclic) bond motifs is 1. The molecule has 4 rings (SSSR count). The molecule has 160 valence electrons. The van der Waals surface area contributed by atoms with E-state index in [4.69, 9.17) is 9.72 Å². The number of piperazine rings is 1. The van der Waals surface area contributed by atoms with E-state index in [9.17, 15) is 0 Å². The van der Waals surface area contributed by atoms with Gasteiger partial charge in [-0.2, -0.15) is 0 Å². The Balaban J connectivity index is 0.00000256. The summed E-state index contributed by atoms with van der Waals surface area (Å²) in [7, 11) is 3.94. The smallest absolute Gasteiger partial charge is 0.242 e. The van der Waals surface area contributed by atoms with Gasteiger partial charge in [-0.05, 0) is 24.7 Å². The van der Waals surface area contributed by atoms with Gasteiger partial charge in [-0.15, -0.1) is 12.4 Å². The molecule has 8 nitrogen and oxygen atoms in total. The zero-order valence-corrected chi connectivity index (χ0v) is 18.4. The molecule has 30 heavy (non-hydrogen) atoms. The predicted octanol–water partition coefficient (Wildman–Crippen LogP) is 2.25. The molecule has 1 saturated heterocycles. The van der Waals surface area contributed by atoms with Crippen LogP contribution in [0.1, 0.15) is 6.92 Å². The number of hydrogen-bond donors (Lipinski definition) is 1. The zero-order valence-electron chi connectivity index (χ0n) is 17.6. The molecule has 3 aromatic rings. The minimum absolute atomic E-state index is 0. The van der Waals surface area contributed by atoms with E-state index in [1.54, 1.807) is 12.4 Å². The molecule has 9 heteroatoms. The summed E-state index contributed by atoms with van der Waals surface area (Å²) in [6.45, 7) is 6.70. The van der Waals surface area contributed by atoms with Gasteiger partial charge in [0.15, 0.2) is 5.52 Å². The molecule has 0 aromatic carbocycles. The summed E-state index contributed by atoms with van der Waals surface area (Å²) >= 11 is 0. The number of hydrogen-bond acceptors (Lipinski definition) is 8. The molecular weight excluding hydrogens is 402 g/mol. The lowest BCUT2D eigenvalue weighted by Gasteiger charge is -2.34. The Hall–Kier alpha value is -2.55. The summed E-state index contributed by atoms with van der Waals surface area (Å²) in [5, 5.41) is 3.44. The lowest BCUT2D eigenvalue weighted by molar-refractivity contribution is 0.115. The van der Waals surface area contributed by atoms with Gasteiger partial charge in [-0.25, -0.2) is 15.0 Å². The number of nitrogens with zero attached hydrogens (tertiary/aromatic N) is 6. The molecule has 1 aliphatic rings. The standard InChI is InChI=1S/C21H27N7O.ClH/c1-4-28-10-9-22-13-16(28)14-29-21-20-18(23-7-8-24-20)11-17(26-21)15-5-6-19(25-12-15)27(2)3;/h5-8,11-12,16,22H,4,9-10,13-14H2,1-3H3;1H/t16-;/m0./s1. The van der Waals surface area contributed by atoms with Crippen molar-refractivity contribution in [3.63, 3.8) is 0 Å². The molecule has 0 aliphatic carbocycles. The van der Waals surface area contributed by atoms with E-state index in [0.717, 1.165) is 48.8 Å². The second-order valence-electron chi connectivity index (χ2n) is 7.33. The van der Waals surface area contributed by atoms with E-state index >= 15 is 0 Å². The quantitative estimate of drug-likeness (QED) is 0.639. The van der Waals surface area contributed by atoms with Gasteiger partial charge in [-0.1, -0.05) is 6.92 Å². The molecule has 4 heterocycles. The van der Waals surface area contributed by atoms with Gasteiger partial charge in [0.1, 0.15) is 12.4 Å². The Labute approximate surface area is 183 Å². The second-order valence-corrected chi connectivity index (χ2v) is 7.33. The third kappa shape index (κ3) is 4.77. The molecule has 1 fully saturated rings. The highest BCUT2D eigenvalue weighted by Gasteiger charge is 2.22. The zero-order chi connectivity index (χ0) is 20.2. The summed E-state index contributed by atoms with van der Waals surface area (Å²) in [5.41, 5.74) is 3.14. The number of rotatable bonds is 6. The van der Waals surface area contributed by atoms with Crippen LogP contribution in [-0.2, 0) is 0 Å². The summed E-state index contributed by atoms with van der Waals surface area (Å²) in [6, 6.07) is 6.24. The number of anilines is 1. The lowest BCUT2D eigenvalue weighted by Crippen LogP contribution is -2.53. The maximum atomic E-state index is 6.19. The van der Waals surface area contributed by atoms with E-state index < -0.39 is 0 Å². The maximum Gasteiger partial charge on any atom is 0.242 e. The van der Waals surface area contributed by atoms with Crippen LogP contribution in [0.3, 0.4) is 0 Å². The van der Waals surface area contributed by atoms with Crippen molar-refractivity contribution in [2.45, 2.75) is 13.0 Å². The van der Waals surface area contributed by atoms with Crippen LogP contribution < -0.4 is 15.0 Å². The highest BCUT2D eigenvalue weighted by Crippen LogP contribution is 2.27. The van der Waals surface area contributed by atoms with Crippen LogP contribution >= 0.6 is 12.4 Å². The minimum Gasteiger partial charge on any atom is -0.474 e. The van der Waals surface area contributed by atoms with Gasteiger partial charge < -0.3 is 15.0 Å². The van der Waals surface area contributed by atoms with Crippen molar-refractivity contribution < 1.29 is 4.74 Å². The molecule has 0 saturated carbocycles. The predicted molar refractivity (Wildman–Crippen MR) is 122 cm³/mol. The topological polar surface area (TPSA) is 79.3 Å². The Morgan fingerprint density at radius 3 is 2.77 bits per heavy atom. The largest absolute Gasteiger partial charge is 0.474 e. The van der Waals surface area contributed by atoms with Gasteiger partial charge in [0.25, 0.3) is 0 Å². The molecule has 0 radical (unpaired) electrons. The lowest BCUT2D eigenvalue weighted by atomic mass is 10.1. The van der Waals surface area contributed by atoms with Gasteiger partial charge >= 0.3 is 0 Å². The first-order valence-electron chi connectivity index (χ1n) is 9.98. The average molecular weight is 430 g/mol. The van der Waals surface area contributed by atoms with E-state index in [-0.39, 0.29) is 12.4 Å². The van der Waals surface area contributed by atoms with E-state index in [2.05, 4.69) is 32.1 Å². The maximum absolute atomic E-state index is 6.19. The van der Waals surface area contributed by atoms with Crippen LogP contribution in [0, 0.1) is 0 Å². The van der Waals surface area contributed by atoms with E-state index in [0.29, 0.717) is 24.0 Å². The average Bonchev–Trinajstić information content (AvgIpc) is 2.77. The van der Waals surface area contributed by atoms with Crippen molar-refractivity contribution in [3.05, 3.63) is 36.8 Å². The van der Waals surface area contributed by atoms with Crippen LogP contribution in [0.2, 0.25) is 0 Å². The van der Waals surface area contributed by atoms with Crippen molar-refractivity contribution >= 4 is 29.3 Å². The van der Waals surface area contributed by atoms with Crippen LogP contribution in [0.25, 0.3) is 22.3 Å². The molecular formula is C21H28ClN7O. The molecule has 1 N–H and O–H groups in total. The Morgan fingerprint density at radius 1 is 1.20 bits per heavy atom. The Bertz CT molecular complexity index is 967. The molecule has 0 bridgehead atoms. The van der Waals surface area contributed by atoms with Crippen LogP contribution in [-0.4, -0.2) is 77.8 Å². The minimum atomic E-state index is 0. The number of nitrogens with one attached hydrogen (secondary N) is 1. The molecule has 0 unspecified atom stereocenters. The van der Waals surface area contributed by atoms with Gasteiger partial charge in [0, 0.05) is 57.9 Å². The van der Waals surface area contributed by atoms with Crippen molar-refractivity contribution in [1.82, 2.24) is 30.2 Å². The fraction of sp³-hybridized carbons (Fsp3) is 0.429. The van der Waals surface area contributed by atoms with Gasteiger partial charge in [-0.3, -0.25) is 9.88 Å². The highest BCUT2D eigenvalue weighted by atomic mass is 35.5. The van der Waals surface area contributed by atoms with Crippen LogP contribution in [0.15, 0.2) is 36.8 Å². The molecule has 0 amide bonds. The van der Waals surface area contributed by atoms with Crippen molar-refractivity contribution in [2.75, 3.05) is 51.8 Å². The summed E-state index contributed by atoms with van der Waals surface area (Å²) in [4.78, 5) is 22.6. The number of ether oxygens (including phenoxy) is 1. The van der Waals surface area contributed by atoms with Crippen LogP contribution in [0.5, 0.6) is 5.88 Å². The third-order valence-corrected chi connectivity index (χ3v) is 5.22. The molecule has 0 spiro atoms. The number of aromatic nitrogens is 4. The molecule has 1 atom stereocenters. The molecule has 3 aromatic heterocycles. The summed E-state index contributed by atoms with van der Waals surface area (Å²) < 4.78 is 6.19. The van der Waals surface area contributed by atoms with E-state index in [1.165, 1.54) is 0 Å². The monoisotopic (exact) mass is 429 g/mol. The first-order valence-corrected chi connectivity index (χ1v) is 9.98. The number of halogens is 1. The second kappa shape index (κ2) is 9.97. The third-order valence-electron chi connectivity index (χ3n) is 5.22. The van der Waals surface area contributed by atoms with Crippen molar-refractivity contribution in [2.24, 2.45) is 0 Å². The fourth-order valence-electron chi connectivity index (χ4n) is 3.55. The summed E-state index contributed by atoms with van der Waals surface area (Å²) in [5.74, 6) is 1.42. The summed E-state index contributed by atoms with van der Waals surface area (Å²) in [6.07, 6.45) is 5.19. The van der Waals surface area contributed by atoms with Crippen molar-refractivity contribution in [1.29, 1.82) is 0 Å². The Morgan fingerprint density at radius 2 is 2.03 bits per heavy atom. The first kappa shape index (κ1) is 22.1. The molecule has 1 aliphatic heterocycles. The highest BCUT2D eigenvalue weighted by molar-refractivity contribution is 5.85. The van der Waals surface area contributed by atoms with Crippen LogP contribution in [0.4, 0.5) is 5.82 Å². The van der Waals surface area contributed by atoms with Crippen molar-refractivity contribution in [3.8, 4) is 17.1 Å². The Kier molecular flexibility index (Phi) is 7.36. The van der Waals surface area contributed by atoms with E-state index in [1.807, 2.05) is 43.4 Å². The number of likely N-dealkylation sites (N-methyl/N-ethyl adjacent to an activating group) is 1. The first-order chi connectivity index (χ1) is 14.2. The SMILES string of the molecule is CCN1CCNC[C@H]1COc1nc(-c2ccc(N(C)C)nc2)cc2nccnc12.Cl. The normalized spacial score (nSPS) is 16.8.